The van der Waals surface area contributed by atoms with Crippen LogP contribution in [0.1, 0.15) is 31.2 Å². The molecule has 0 aliphatic carbocycles. The van der Waals surface area contributed by atoms with Gasteiger partial charge in [-0.15, -0.1) is 0 Å². The van der Waals surface area contributed by atoms with Gasteiger partial charge in [-0.25, -0.2) is 0 Å². The van der Waals surface area contributed by atoms with Gasteiger partial charge in [0.25, 0.3) is 0 Å². The summed E-state index contributed by atoms with van der Waals surface area (Å²) in [7, 11) is 1.91. The number of aliphatic imine (C=N–C) groups is 1. The van der Waals surface area contributed by atoms with Gasteiger partial charge in [-0.3, -0.25) is 9.89 Å². The summed E-state index contributed by atoms with van der Waals surface area (Å²) in [6.07, 6.45) is 4.90. The number of nitrogens with zero attached hydrogens (tertiary/aromatic N) is 4. The van der Waals surface area contributed by atoms with Crippen LogP contribution in [0.3, 0.4) is 0 Å². The molecular formula is C24H39N5O. The first-order valence-corrected chi connectivity index (χ1v) is 11.8. The molecular weight excluding hydrogens is 374 g/mol. The maximum atomic E-state index is 5.66. The van der Waals surface area contributed by atoms with Crippen molar-refractivity contribution >= 4 is 5.96 Å². The van der Waals surface area contributed by atoms with E-state index in [0.717, 1.165) is 45.4 Å². The zero-order valence-corrected chi connectivity index (χ0v) is 18.7. The first kappa shape index (κ1) is 21.6. The van der Waals surface area contributed by atoms with Crippen molar-refractivity contribution in [3.63, 3.8) is 0 Å². The maximum Gasteiger partial charge on any atom is 0.193 e. The van der Waals surface area contributed by atoms with E-state index in [1.54, 1.807) is 0 Å². The van der Waals surface area contributed by atoms with Crippen LogP contribution in [0.2, 0.25) is 0 Å². The molecule has 1 aromatic rings. The molecule has 1 N–H and O–H groups in total. The Hall–Kier alpha value is -1.63. The second kappa shape index (κ2) is 10.6. The molecule has 1 atom stereocenters. The number of benzene rings is 1. The SMILES string of the molecule is CN=C(NCCCCN1CCN(Cc2ccccc2)CC1)N1CCC2(CCOC2)C1. The fraction of sp³-hybridized carbons (Fsp3) is 0.708. The fourth-order valence-electron chi connectivity index (χ4n) is 5.09. The Morgan fingerprint density at radius 3 is 2.57 bits per heavy atom. The van der Waals surface area contributed by atoms with Crippen LogP contribution in [0.15, 0.2) is 35.3 Å². The number of ether oxygens (including phenoxy) is 1. The summed E-state index contributed by atoms with van der Waals surface area (Å²) in [5, 5.41) is 3.60. The molecule has 30 heavy (non-hydrogen) atoms. The predicted octanol–water partition coefficient (Wildman–Crippen LogP) is 2.27. The van der Waals surface area contributed by atoms with E-state index in [1.165, 1.54) is 64.0 Å². The van der Waals surface area contributed by atoms with Crippen LogP contribution < -0.4 is 5.32 Å². The van der Waals surface area contributed by atoms with Gasteiger partial charge in [0.2, 0.25) is 0 Å². The van der Waals surface area contributed by atoms with Gasteiger partial charge in [-0.1, -0.05) is 30.3 Å². The number of rotatable bonds is 7. The average Bonchev–Trinajstić information content (AvgIpc) is 3.42. The van der Waals surface area contributed by atoms with Crippen molar-refractivity contribution in [3.8, 4) is 0 Å². The van der Waals surface area contributed by atoms with Crippen molar-refractivity contribution in [2.24, 2.45) is 10.4 Å². The third-order valence-electron chi connectivity index (χ3n) is 7.03. The zero-order chi connectivity index (χ0) is 20.7. The van der Waals surface area contributed by atoms with E-state index in [9.17, 15) is 0 Å². The quantitative estimate of drug-likeness (QED) is 0.422. The first-order valence-electron chi connectivity index (χ1n) is 11.8. The number of likely N-dealkylation sites (tertiary alicyclic amines) is 1. The van der Waals surface area contributed by atoms with Crippen LogP contribution >= 0.6 is 0 Å². The van der Waals surface area contributed by atoms with Crippen molar-refractivity contribution in [2.75, 3.05) is 72.6 Å². The standard InChI is InChI=1S/C24H39N5O/c1-25-23(29-13-9-24(20-29)10-18-30-21-24)26-11-5-6-12-27-14-16-28(17-15-27)19-22-7-3-2-4-8-22/h2-4,7-8H,5-6,9-21H2,1H3,(H,25,26). The summed E-state index contributed by atoms with van der Waals surface area (Å²) < 4.78 is 5.66. The summed E-state index contributed by atoms with van der Waals surface area (Å²) in [6.45, 7) is 12.1. The topological polar surface area (TPSA) is 43.3 Å². The Morgan fingerprint density at radius 2 is 1.83 bits per heavy atom. The Balaban J connectivity index is 1.08. The van der Waals surface area contributed by atoms with Crippen LogP contribution in [0.4, 0.5) is 0 Å². The number of hydrogen-bond donors (Lipinski definition) is 1. The highest BCUT2D eigenvalue weighted by Crippen LogP contribution is 2.38. The van der Waals surface area contributed by atoms with Gasteiger partial charge >= 0.3 is 0 Å². The summed E-state index contributed by atoms with van der Waals surface area (Å²) in [6, 6.07) is 10.8. The lowest BCUT2D eigenvalue weighted by atomic mass is 9.87. The fourth-order valence-corrected chi connectivity index (χ4v) is 5.09. The van der Waals surface area contributed by atoms with Crippen molar-refractivity contribution in [1.29, 1.82) is 0 Å². The molecule has 1 unspecified atom stereocenters. The molecule has 3 saturated heterocycles. The minimum absolute atomic E-state index is 0.389. The van der Waals surface area contributed by atoms with Gasteiger partial charge in [-0.2, -0.15) is 0 Å². The summed E-state index contributed by atoms with van der Waals surface area (Å²) in [4.78, 5) is 12.2. The van der Waals surface area contributed by atoms with Crippen molar-refractivity contribution < 1.29 is 4.74 Å². The number of unbranched alkanes of at least 4 members (excludes halogenated alkanes) is 1. The van der Waals surface area contributed by atoms with Crippen LogP contribution in [0.25, 0.3) is 0 Å². The number of piperazine rings is 1. The molecule has 3 heterocycles. The molecule has 0 saturated carbocycles. The molecule has 6 heteroatoms. The van der Waals surface area contributed by atoms with Crippen LogP contribution in [0.5, 0.6) is 0 Å². The van der Waals surface area contributed by atoms with E-state index in [-0.39, 0.29) is 0 Å². The lowest BCUT2D eigenvalue weighted by Crippen LogP contribution is -2.46. The lowest BCUT2D eigenvalue weighted by Gasteiger charge is -2.34. The maximum absolute atomic E-state index is 5.66. The Kier molecular flexibility index (Phi) is 7.63. The minimum atomic E-state index is 0.389. The van der Waals surface area contributed by atoms with E-state index in [4.69, 9.17) is 4.74 Å². The van der Waals surface area contributed by atoms with E-state index >= 15 is 0 Å². The number of hydrogen-bond acceptors (Lipinski definition) is 4. The van der Waals surface area contributed by atoms with Crippen LogP contribution in [-0.2, 0) is 11.3 Å². The smallest absolute Gasteiger partial charge is 0.193 e. The molecule has 0 bridgehead atoms. The zero-order valence-electron chi connectivity index (χ0n) is 18.7. The van der Waals surface area contributed by atoms with Gasteiger partial charge in [0.05, 0.1) is 6.61 Å². The Bertz CT molecular complexity index is 665. The third-order valence-corrected chi connectivity index (χ3v) is 7.03. The normalized spacial score (nSPS) is 26.0. The van der Waals surface area contributed by atoms with Gasteiger partial charge in [-0.05, 0) is 37.8 Å². The van der Waals surface area contributed by atoms with Gasteiger partial charge in [0, 0.05) is 71.4 Å². The van der Waals surface area contributed by atoms with E-state index < -0.39 is 0 Å². The van der Waals surface area contributed by atoms with Crippen LogP contribution in [0, 0.1) is 5.41 Å². The highest BCUT2D eigenvalue weighted by atomic mass is 16.5. The van der Waals surface area contributed by atoms with Crippen molar-refractivity contribution in [1.82, 2.24) is 20.0 Å². The highest BCUT2D eigenvalue weighted by Gasteiger charge is 2.42. The minimum Gasteiger partial charge on any atom is -0.381 e. The molecule has 1 aromatic carbocycles. The van der Waals surface area contributed by atoms with Gasteiger partial charge in [0.1, 0.15) is 0 Å². The molecule has 3 fully saturated rings. The number of nitrogens with one attached hydrogen (secondary N) is 1. The summed E-state index contributed by atoms with van der Waals surface area (Å²) in [5.74, 6) is 1.08. The monoisotopic (exact) mass is 413 g/mol. The largest absolute Gasteiger partial charge is 0.381 e. The van der Waals surface area contributed by atoms with Crippen molar-refractivity contribution in [3.05, 3.63) is 35.9 Å². The van der Waals surface area contributed by atoms with Gasteiger partial charge < -0.3 is 19.9 Å². The molecule has 6 nitrogen and oxygen atoms in total. The van der Waals surface area contributed by atoms with Crippen molar-refractivity contribution in [2.45, 2.75) is 32.2 Å². The Labute approximate surface area is 182 Å². The second-order valence-corrected chi connectivity index (χ2v) is 9.26. The third kappa shape index (κ3) is 5.74. The molecule has 0 aromatic heterocycles. The average molecular weight is 414 g/mol. The lowest BCUT2D eigenvalue weighted by molar-refractivity contribution is 0.126. The van der Waals surface area contributed by atoms with E-state index in [1.807, 2.05) is 7.05 Å². The molecule has 4 rings (SSSR count). The predicted molar refractivity (Wildman–Crippen MR) is 123 cm³/mol. The molecule has 3 aliphatic heterocycles. The van der Waals surface area contributed by atoms with E-state index in [0.29, 0.717) is 5.41 Å². The van der Waals surface area contributed by atoms with Crippen LogP contribution in [-0.4, -0.2) is 93.3 Å². The summed E-state index contributed by atoms with van der Waals surface area (Å²) in [5.41, 5.74) is 1.81. The van der Waals surface area contributed by atoms with Gasteiger partial charge in [0.15, 0.2) is 5.96 Å². The Morgan fingerprint density at radius 1 is 1.03 bits per heavy atom. The molecule has 0 radical (unpaired) electrons. The highest BCUT2D eigenvalue weighted by molar-refractivity contribution is 5.80. The first-order chi connectivity index (χ1) is 14.8. The summed E-state index contributed by atoms with van der Waals surface area (Å²) >= 11 is 0. The molecule has 166 valence electrons. The number of guanidine groups is 1. The molecule has 3 aliphatic rings. The second-order valence-electron chi connectivity index (χ2n) is 9.26. The molecule has 0 amide bonds. The van der Waals surface area contributed by atoms with E-state index in [2.05, 4.69) is 55.3 Å². The molecule has 1 spiro atoms.